The Labute approximate surface area is 531 Å². The first-order valence-electron chi connectivity index (χ1n) is 36.2. The molecule has 1 aromatic carbocycles. The Morgan fingerprint density at radius 2 is 1.43 bits per heavy atom. The van der Waals surface area contributed by atoms with Gasteiger partial charge in [0.1, 0.15) is 11.9 Å². The molecule has 0 N–H and O–H groups in total. The van der Waals surface area contributed by atoms with Crippen LogP contribution in [-0.4, -0.2) is 58.1 Å². The van der Waals surface area contributed by atoms with Crippen molar-refractivity contribution in [3.05, 3.63) is 179 Å². The number of hydrogen-bond donors (Lipinski definition) is 0. The van der Waals surface area contributed by atoms with Crippen LogP contribution in [-0.2, 0) is 15.9 Å². The van der Waals surface area contributed by atoms with Crippen LogP contribution < -0.4 is 4.74 Å². The molecule has 468 valence electrons. The number of fused-ring (bicyclic) bond motifs is 5. The second-order valence-electron chi connectivity index (χ2n) is 30.7. The number of benzene rings is 1. The Balaban J connectivity index is 0.735. The van der Waals surface area contributed by atoms with Crippen LogP contribution in [0.2, 0.25) is 0 Å². The highest BCUT2D eigenvalue weighted by molar-refractivity contribution is 5.93. The topological polar surface area (TPSA) is 35.9 Å². The third-order valence-electron chi connectivity index (χ3n) is 24.9. The average molecular weight is 1180 g/mol. The Bertz CT molecular complexity index is 3230. The predicted molar refractivity (Wildman–Crippen MR) is 367 cm³/mol. The van der Waals surface area contributed by atoms with Crippen molar-refractivity contribution in [2.24, 2.45) is 40.4 Å². The zero-order chi connectivity index (χ0) is 59.9. The van der Waals surface area contributed by atoms with E-state index in [4.69, 9.17) is 14.2 Å². The van der Waals surface area contributed by atoms with E-state index in [-0.39, 0.29) is 16.9 Å². The molecule has 0 aliphatic heterocycles. The molecule has 5 heteroatoms. The molecule has 0 bridgehead atoms. The van der Waals surface area contributed by atoms with Gasteiger partial charge in [0.2, 0.25) is 0 Å². The molecule has 88 heavy (non-hydrogen) atoms. The number of hydrogen-bond acceptors (Lipinski definition) is 4. The lowest BCUT2D eigenvalue weighted by atomic mass is 9.54. The summed E-state index contributed by atoms with van der Waals surface area (Å²) in [5, 5.41) is 1.39. The molecule has 1 aromatic heterocycles. The second-order valence-corrected chi connectivity index (χ2v) is 30.7. The number of rotatable bonds is 16. The summed E-state index contributed by atoms with van der Waals surface area (Å²) in [6.45, 7) is 19.5. The van der Waals surface area contributed by atoms with E-state index < -0.39 is 0 Å². The molecule has 1 heterocycles. The summed E-state index contributed by atoms with van der Waals surface area (Å²) in [7, 11) is 0. The molecule has 3 fully saturated rings. The van der Waals surface area contributed by atoms with Crippen molar-refractivity contribution in [2.75, 3.05) is 0 Å². The van der Waals surface area contributed by atoms with E-state index in [1.165, 1.54) is 162 Å². The first-order chi connectivity index (χ1) is 43.0. The third kappa shape index (κ3) is 12.1. The van der Waals surface area contributed by atoms with Crippen molar-refractivity contribution < 1.29 is 14.2 Å². The summed E-state index contributed by atoms with van der Waals surface area (Å²) in [5.41, 5.74) is 16.3. The first kappa shape index (κ1) is 60.6. The van der Waals surface area contributed by atoms with Crippen molar-refractivity contribution in [3.63, 3.8) is 0 Å². The monoisotopic (exact) mass is 1180 g/mol. The molecule has 2 aromatic rings. The molecule has 12 aliphatic rings. The van der Waals surface area contributed by atoms with Crippen LogP contribution >= 0.6 is 0 Å². The Kier molecular flexibility index (Phi) is 18.1. The van der Waals surface area contributed by atoms with E-state index in [2.05, 4.69) is 153 Å². The smallest absolute Gasteiger partial charge is 0.121 e. The lowest BCUT2D eigenvalue weighted by Gasteiger charge is -2.53. The van der Waals surface area contributed by atoms with Gasteiger partial charge in [0.05, 0.1) is 24.4 Å². The summed E-state index contributed by atoms with van der Waals surface area (Å²) in [4.78, 5) is 3.22. The fourth-order valence-corrected chi connectivity index (χ4v) is 20.4. The van der Waals surface area contributed by atoms with Crippen LogP contribution in [0.5, 0.6) is 5.75 Å². The maximum absolute atomic E-state index is 7.04. The minimum atomic E-state index is 0.0310. The van der Waals surface area contributed by atoms with Crippen molar-refractivity contribution >= 4 is 17.0 Å². The fourth-order valence-electron chi connectivity index (χ4n) is 20.4. The number of aromatic nitrogens is 1. The van der Waals surface area contributed by atoms with Crippen LogP contribution in [0.1, 0.15) is 224 Å². The van der Waals surface area contributed by atoms with Gasteiger partial charge in [0.25, 0.3) is 0 Å². The van der Waals surface area contributed by atoms with Crippen LogP contribution in [0.25, 0.3) is 17.0 Å². The van der Waals surface area contributed by atoms with E-state index in [1.807, 2.05) is 23.3 Å². The standard InChI is InChI=1S/C83H108N2O3/c1-7-56-19-39-68(40-20-56)86-71-45-30-63(31-46-71)83(62-15-11-10-12-16-62)78-18-14-13-17-74(78)75-50-38-67(54-79(75)83)84(65-34-28-61(29-35-65)82(4,5)6)64-32-25-59(26-33-64)60-27-51-80-76(53-60)77-55-73(88-70-43-23-58(9-3)24-44-70)49-52-81(77)85(80)66-36-47-72(48-37-66)87-69-41-21-57(8-2)22-42-69/h7-12,15,21,23-24,28,30,38,43,49-50,52-53,55-56,59,62,64-72,75,79H,1-3,13-14,16-20,22,25-27,29,31-37,39-42,44-48,51,54H2,4-6H3. The molecule has 0 amide bonds. The van der Waals surface area contributed by atoms with Crippen LogP contribution in [0.3, 0.4) is 0 Å². The summed E-state index contributed by atoms with van der Waals surface area (Å²) < 4.78 is 23.5. The molecule has 3 saturated carbocycles. The molecule has 0 saturated heterocycles. The van der Waals surface area contributed by atoms with E-state index in [1.54, 1.807) is 22.4 Å². The number of ether oxygens (including phenoxy) is 3. The van der Waals surface area contributed by atoms with Crippen molar-refractivity contribution in [1.29, 1.82) is 0 Å². The lowest BCUT2D eigenvalue weighted by molar-refractivity contribution is -0.0393. The van der Waals surface area contributed by atoms with Gasteiger partial charge >= 0.3 is 0 Å². The zero-order valence-electron chi connectivity index (χ0n) is 54.5. The SMILES string of the molecule is C=CC1=CCC(Oc2ccc3c(c2)c2c(n3C3CCC(OC4CC=C(C=C)CC4)CC3)CCC(C3CCC(N(C4C=CC5C6=C(CCCC6)C(C6=CCC(OC7CCC(C=C)CC7)CC6)(C6C=CC=CC6)C5C4)C4CC=C(C(C)(C)C)CC4)CC3)=C2)C=C1. The van der Waals surface area contributed by atoms with Gasteiger partial charge in [0.15, 0.2) is 0 Å². The van der Waals surface area contributed by atoms with Gasteiger partial charge in [-0.1, -0.05) is 159 Å². The molecular weight excluding hydrogens is 1070 g/mol. The van der Waals surface area contributed by atoms with Gasteiger partial charge in [0, 0.05) is 64.1 Å². The summed E-state index contributed by atoms with van der Waals surface area (Å²) in [6.07, 6.45) is 76.5. The van der Waals surface area contributed by atoms with Gasteiger partial charge in [-0.2, -0.15) is 0 Å². The first-order valence-corrected chi connectivity index (χ1v) is 36.2. The largest absolute Gasteiger partial charge is 0.486 e. The maximum atomic E-state index is 7.04. The fraction of sp³-hybridized carbons (Fsp3) is 0.590. The molecule has 14 rings (SSSR count). The van der Waals surface area contributed by atoms with Gasteiger partial charge in [-0.05, 0) is 245 Å². The minimum Gasteiger partial charge on any atom is -0.486 e. The Morgan fingerprint density at radius 3 is 2.10 bits per heavy atom. The summed E-state index contributed by atoms with van der Waals surface area (Å²) in [6, 6.07) is 9.22. The van der Waals surface area contributed by atoms with Gasteiger partial charge < -0.3 is 18.8 Å². The highest BCUT2D eigenvalue weighted by Gasteiger charge is 2.59. The molecule has 0 spiro atoms. The Hall–Kier alpha value is -4.94. The normalized spacial score (nSPS) is 35.9. The van der Waals surface area contributed by atoms with Crippen molar-refractivity contribution in [3.8, 4) is 5.75 Å². The van der Waals surface area contributed by atoms with Gasteiger partial charge in [-0.3, -0.25) is 4.90 Å². The van der Waals surface area contributed by atoms with Crippen molar-refractivity contribution in [1.82, 2.24) is 9.47 Å². The molecule has 9 unspecified atom stereocenters. The Morgan fingerprint density at radius 1 is 0.648 bits per heavy atom. The quantitative estimate of drug-likeness (QED) is 0.157. The number of nitrogens with zero attached hydrogens (tertiary/aromatic N) is 2. The molecule has 9 atom stereocenters. The van der Waals surface area contributed by atoms with Crippen LogP contribution in [0.4, 0.5) is 0 Å². The molecule has 12 aliphatic carbocycles. The minimum absolute atomic E-state index is 0.0310. The highest BCUT2D eigenvalue weighted by Crippen LogP contribution is 2.67. The van der Waals surface area contributed by atoms with Crippen LogP contribution in [0, 0.1) is 40.4 Å². The summed E-state index contributed by atoms with van der Waals surface area (Å²) >= 11 is 0. The van der Waals surface area contributed by atoms with Crippen LogP contribution in [0.15, 0.2) is 168 Å². The highest BCUT2D eigenvalue weighted by atomic mass is 16.5. The third-order valence-corrected chi connectivity index (χ3v) is 24.9. The second kappa shape index (κ2) is 26.3. The summed E-state index contributed by atoms with van der Waals surface area (Å²) in [5.74, 6) is 3.99. The van der Waals surface area contributed by atoms with Crippen molar-refractivity contribution in [2.45, 2.75) is 268 Å². The molecular formula is C83H108N2O3. The van der Waals surface area contributed by atoms with E-state index >= 15 is 0 Å². The average Bonchev–Trinajstić information content (AvgIpc) is 1.60. The van der Waals surface area contributed by atoms with E-state index in [0.29, 0.717) is 78.2 Å². The predicted octanol–water partition coefficient (Wildman–Crippen LogP) is 21.1. The van der Waals surface area contributed by atoms with E-state index in [0.717, 1.165) is 63.5 Å². The van der Waals surface area contributed by atoms with E-state index in [9.17, 15) is 0 Å². The molecule has 5 nitrogen and oxygen atoms in total. The molecule has 0 radical (unpaired) electrons. The lowest BCUT2D eigenvalue weighted by Crippen LogP contribution is -2.54. The zero-order valence-corrected chi connectivity index (χ0v) is 54.5. The van der Waals surface area contributed by atoms with Gasteiger partial charge in [-0.15, -0.1) is 6.58 Å². The maximum Gasteiger partial charge on any atom is 0.121 e. The number of allylic oxidation sites excluding steroid dienone is 16. The van der Waals surface area contributed by atoms with Gasteiger partial charge in [-0.25, -0.2) is 0 Å².